The third kappa shape index (κ3) is 5.32. The molecule has 1 aliphatic heterocycles. The van der Waals surface area contributed by atoms with E-state index < -0.39 is 6.04 Å². The molecule has 0 fully saturated rings. The number of nitrogens with one attached hydrogen (secondary N) is 2. The van der Waals surface area contributed by atoms with Crippen LogP contribution in [0.3, 0.4) is 0 Å². The molecule has 0 aliphatic carbocycles. The number of hydrogen-bond acceptors (Lipinski definition) is 8. The summed E-state index contributed by atoms with van der Waals surface area (Å²) in [6.45, 7) is 8.36. The molecular formula is C31H34N6O4. The first kappa shape index (κ1) is 27.7. The van der Waals surface area contributed by atoms with Gasteiger partial charge in [-0.2, -0.15) is 4.98 Å². The van der Waals surface area contributed by atoms with Gasteiger partial charge in [-0.25, -0.2) is 4.68 Å². The van der Waals surface area contributed by atoms with Gasteiger partial charge in [0.15, 0.2) is 17.3 Å². The van der Waals surface area contributed by atoms with Crippen molar-refractivity contribution in [3.63, 3.8) is 0 Å². The molecule has 10 nitrogen and oxygen atoms in total. The van der Waals surface area contributed by atoms with E-state index in [0.29, 0.717) is 51.5 Å². The fourth-order valence-corrected chi connectivity index (χ4v) is 4.88. The number of fused-ring (bicyclic) bond motifs is 1. The highest BCUT2D eigenvalue weighted by atomic mass is 16.5. The second-order valence-electron chi connectivity index (χ2n) is 10.7. The Balaban J connectivity index is 1.66. The maximum absolute atomic E-state index is 13.9. The summed E-state index contributed by atoms with van der Waals surface area (Å²) in [4.78, 5) is 22.8. The van der Waals surface area contributed by atoms with E-state index in [1.807, 2.05) is 25.1 Å². The maximum Gasteiger partial charge on any atom is 0.255 e. The molecule has 0 radical (unpaired) electrons. The molecule has 0 bridgehead atoms. The number of methoxy groups -OCH3 is 3. The summed E-state index contributed by atoms with van der Waals surface area (Å²) in [6, 6.07) is 14.6. The highest BCUT2D eigenvalue weighted by Gasteiger charge is 2.37. The minimum absolute atomic E-state index is 0.0214. The molecule has 2 N–H and O–H groups in total. The van der Waals surface area contributed by atoms with Crippen LogP contribution in [0.1, 0.15) is 44.9 Å². The van der Waals surface area contributed by atoms with Gasteiger partial charge >= 0.3 is 0 Å². The highest BCUT2D eigenvalue weighted by Crippen LogP contribution is 2.44. The predicted molar refractivity (Wildman–Crippen MR) is 158 cm³/mol. The lowest BCUT2D eigenvalue weighted by atomic mass is 9.87. The molecule has 5 rings (SSSR count). The third-order valence-corrected chi connectivity index (χ3v) is 7.06. The molecule has 1 amide bonds. The van der Waals surface area contributed by atoms with Gasteiger partial charge in [-0.05, 0) is 36.1 Å². The van der Waals surface area contributed by atoms with E-state index in [2.05, 4.69) is 48.5 Å². The van der Waals surface area contributed by atoms with Crippen molar-refractivity contribution < 1.29 is 19.0 Å². The number of pyridine rings is 1. The smallest absolute Gasteiger partial charge is 0.255 e. The summed E-state index contributed by atoms with van der Waals surface area (Å²) in [6.07, 6.45) is 3.24. The molecule has 1 unspecified atom stereocenters. The van der Waals surface area contributed by atoms with Crippen LogP contribution in [-0.2, 0) is 10.2 Å². The molecule has 212 valence electrons. The summed E-state index contributed by atoms with van der Waals surface area (Å²) < 4.78 is 18.6. The molecular weight excluding hydrogens is 520 g/mol. The van der Waals surface area contributed by atoms with Crippen molar-refractivity contribution in [2.45, 2.75) is 39.2 Å². The number of carbonyl (C=O) groups is 1. The van der Waals surface area contributed by atoms with Crippen molar-refractivity contribution in [2.75, 3.05) is 32.0 Å². The third-order valence-electron chi connectivity index (χ3n) is 7.06. The standard InChI is InChI=1S/C31H34N6O4/c1-18-26(29(38)34-21-9-8-14-32-17-21)27(22-15-24(40-6)25(41-7)16-23(22)39-5)37-30(33-18)35-28(36-37)19-10-12-20(13-11-19)31(2,3)4/h8-17,27H,1-7H3,(H,34,38)(H,33,35,36). The van der Waals surface area contributed by atoms with Crippen molar-refractivity contribution >= 4 is 17.5 Å². The van der Waals surface area contributed by atoms with Crippen LogP contribution in [0.5, 0.6) is 17.2 Å². The number of rotatable bonds is 7. The van der Waals surface area contributed by atoms with Crippen LogP contribution in [0.2, 0.25) is 0 Å². The molecule has 41 heavy (non-hydrogen) atoms. The molecule has 1 aliphatic rings. The Morgan fingerprint density at radius 2 is 1.66 bits per heavy atom. The Hall–Kier alpha value is -4.86. The van der Waals surface area contributed by atoms with Crippen LogP contribution in [0.4, 0.5) is 11.6 Å². The van der Waals surface area contributed by atoms with Gasteiger partial charge in [0.2, 0.25) is 5.95 Å². The Labute approximate surface area is 239 Å². The fourth-order valence-electron chi connectivity index (χ4n) is 4.88. The lowest BCUT2D eigenvalue weighted by Crippen LogP contribution is -2.31. The SMILES string of the molecule is COc1cc(OC)c(C2C(C(=O)Nc3cccnc3)=C(C)Nc3nc(-c4ccc(C(C)(C)C)cc4)nn32)cc1OC. The zero-order valence-corrected chi connectivity index (χ0v) is 24.3. The number of hydrogen-bond donors (Lipinski definition) is 2. The van der Waals surface area contributed by atoms with Gasteiger partial charge in [0.25, 0.3) is 5.91 Å². The summed E-state index contributed by atoms with van der Waals surface area (Å²) >= 11 is 0. The quantitative estimate of drug-likeness (QED) is 0.304. The number of allylic oxidation sites excluding steroid dienone is 1. The average molecular weight is 555 g/mol. The molecule has 3 heterocycles. The van der Waals surface area contributed by atoms with Crippen LogP contribution < -0.4 is 24.8 Å². The van der Waals surface area contributed by atoms with E-state index in [9.17, 15) is 4.79 Å². The minimum Gasteiger partial charge on any atom is -0.496 e. The van der Waals surface area contributed by atoms with Crippen molar-refractivity contribution in [1.82, 2.24) is 19.7 Å². The number of carbonyl (C=O) groups excluding carboxylic acids is 1. The molecule has 4 aromatic rings. The fraction of sp³-hybridized carbons (Fsp3) is 0.290. The van der Waals surface area contributed by atoms with Crippen molar-refractivity contribution in [3.05, 3.63) is 83.3 Å². The van der Waals surface area contributed by atoms with Crippen molar-refractivity contribution in [2.24, 2.45) is 0 Å². The predicted octanol–water partition coefficient (Wildman–Crippen LogP) is 5.59. The van der Waals surface area contributed by atoms with Crippen molar-refractivity contribution in [1.29, 1.82) is 0 Å². The number of aromatic nitrogens is 4. The Kier molecular flexibility index (Phi) is 7.40. The maximum atomic E-state index is 13.9. The average Bonchev–Trinajstić information content (AvgIpc) is 3.39. The summed E-state index contributed by atoms with van der Waals surface area (Å²) in [5.74, 6) is 2.21. The second kappa shape index (κ2) is 11.0. The highest BCUT2D eigenvalue weighted by molar-refractivity contribution is 6.06. The van der Waals surface area contributed by atoms with E-state index >= 15 is 0 Å². The largest absolute Gasteiger partial charge is 0.496 e. The number of nitrogens with zero attached hydrogens (tertiary/aromatic N) is 4. The van der Waals surface area contributed by atoms with E-state index in [1.165, 1.54) is 5.56 Å². The molecule has 0 spiro atoms. The summed E-state index contributed by atoms with van der Waals surface area (Å²) in [5, 5.41) is 11.2. The molecule has 2 aromatic heterocycles. The van der Waals surface area contributed by atoms with E-state index in [4.69, 9.17) is 24.3 Å². The van der Waals surface area contributed by atoms with Gasteiger partial charge in [-0.1, -0.05) is 45.0 Å². The van der Waals surface area contributed by atoms with Gasteiger partial charge in [0, 0.05) is 29.1 Å². The number of benzene rings is 2. The van der Waals surface area contributed by atoms with Gasteiger partial charge < -0.3 is 24.8 Å². The molecule has 1 atom stereocenters. The Morgan fingerprint density at radius 1 is 0.976 bits per heavy atom. The van der Waals surface area contributed by atoms with Crippen LogP contribution in [0, 0.1) is 0 Å². The Morgan fingerprint density at radius 3 is 2.27 bits per heavy atom. The van der Waals surface area contributed by atoms with E-state index in [1.54, 1.807) is 56.6 Å². The second-order valence-corrected chi connectivity index (χ2v) is 10.7. The zero-order valence-electron chi connectivity index (χ0n) is 24.3. The summed E-state index contributed by atoms with van der Waals surface area (Å²) in [7, 11) is 4.70. The monoisotopic (exact) mass is 554 g/mol. The van der Waals surface area contributed by atoms with Crippen LogP contribution in [0.15, 0.2) is 72.2 Å². The van der Waals surface area contributed by atoms with Crippen LogP contribution in [-0.4, -0.2) is 47.0 Å². The number of ether oxygens (including phenoxy) is 3. The molecule has 0 saturated heterocycles. The lowest BCUT2D eigenvalue weighted by Gasteiger charge is -2.30. The molecule has 2 aromatic carbocycles. The molecule has 10 heteroatoms. The van der Waals surface area contributed by atoms with Gasteiger partial charge in [-0.15, -0.1) is 5.10 Å². The summed E-state index contributed by atoms with van der Waals surface area (Å²) in [5.41, 5.74) is 4.38. The van der Waals surface area contributed by atoms with Crippen LogP contribution in [0.25, 0.3) is 11.4 Å². The van der Waals surface area contributed by atoms with Gasteiger partial charge in [0.05, 0.1) is 38.8 Å². The van der Waals surface area contributed by atoms with E-state index in [0.717, 1.165) is 5.56 Å². The topological polar surface area (TPSA) is 112 Å². The van der Waals surface area contributed by atoms with Gasteiger partial charge in [-0.3, -0.25) is 9.78 Å². The first-order chi connectivity index (χ1) is 19.6. The van der Waals surface area contributed by atoms with Crippen molar-refractivity contribution in [3.8, 4) is 28.6 Å². The Bertz CT molecular complexity index is 1600. The van der Waals surface area contributed by atoms with E-state index in [-0.39, 0.29) is 11.3 Å². The first-order valence-electron chi connectivity index (χ1n) is 13.2. The zero-order chi connectivity index (χ0) is 29.3. The number of anilines is 2. The van der Waals surface area contributed by atoms with Gasteiger partial charge in [0.1, 0.15) is 11.8 Å². The molecule has 0 saturated carbocycles. The minimum atomic E-state index is -0.701. The normalized spacial score (nSPS) is 14.7. The number of amides is 1. The van der Waals surface area contributed by atoms with Crippen LogP contribution >= 0.6 is 0 Å². The first-order valence-corrected chi connectivity index (χ1v) is 13.2. The lowest BCUT2D eigenvalue weighted by molar-refractivity contribution is -0.113.